The van der Waals surface area contributed by atoms with E-state index >= 15 is 0 Å². The van der Waals surface area contributed by atoms with Crippen molar-refractivity contribution in [3.8, 4) is 6.07 Å². The molecule has 1 rings (SSSR count). The number of hydrogen-bond acceptors (Lipinski definition) is 4. The lowest BCUT2D eigenvalue weighted by molar-refractivity contribution is 0.133. The van der Waals surface area contributed by atoms with Crippen molar-refractivity contribution in [2.75, 3.05) is 46.3 Å². The lowest BCUT2D eigenvalue weighted by Crippen LogP contribution is -2.49. The monoisotopic (exact) mass is 196 g/mol. The van der Waals surface area contributed by atoms with Gasteiger partial charge in [-0.2, -0.15) is 5.26 Å². The predicted molar refractivity (Wildman–Crippen MR) is 57.0 cm³/mol. The Balaban J connectivity index is 2.25. The topological polar surface area (TPSA) is 42.3 Å². The van der Waals surface area contributed by atoms with Crippen LogP contribution in [0.3, 0.4) is 0 Å². The molecule has 80 valence electrons. The quantitative estimate of drug-likeness (QED) is 0.672. The number of likely N-dealkylation sites (N-methyl/N-ethyl adjacent to an activating group) is 2. The third kappa shape index (κ3) is 3.26. The van der Waals surface area contributed by atoms with Gasteiger partial charge in [-0.15, -0.1) is 0 Å². The Morgan fingerprint density at radius 3 is 2.29 bits per heavy atom. The molecule has 1 fully saturated rings. The van der Waals surface area contributed by atoms with Crippen LogP contribution in [0.15, 0.2) is 0 Å². The molecule has 0 bridgehead atoms. The summed E-state index contributed by atoms with van der Waals surface area (Å²) in [5.41, 5.74) is 0. The summed E-state index contributed by atoms with van der Waals surface area (Å²) < 4.78 is 0. The second kappa shape index (κ2) is 5.97. The summed E-state index contributed by atoms with van der Waals surface area (Å²) in [5, 5.41) is 11.8. The van der Waals surface area contributed by atoms with Gasteiger partial charge in [0.25, 0.3) is 0 Å². The summed E-state index contributed by atoms with van der Waals surface area (Å²) in [7, 11) is 1.84. The third-order valence-corrected chi connectivity index (χ3v) is 2.86. The van der Waals surface area contributed by atoms with Gasteiger partial charge < -0.3 is 10.2 Å². The van der Waals surface area contributed by atoms with Gasteiger partial charge in [-0.25, -0.2) is 0 Å². The summed E-state index contributed by atoms with van der Waals surface area (Å²) >= 11 is 0. The van der Waals surface area contributed by atoms with Crippen LogP contribution in [0.1, 0.15) is 6.92 Å². The van der Waals surface area contributed by atoms with Crippen molar-refractivity contribution in [2.45, 2.75) is 13.0 Å². The Kier molecular flexibility index (Phi) is 4.88. The summed E-state index contributed by atoms with van der Waals surface area (Å²) in [4.78, 5) is 4.80. The molecule has 1 unspecified atom stereocenters. The molecule has 4 nitrogen and oxygen atoms in total. The third-order valence-electron chi connectivity index (χ3n) is 2.86. The second-order valence-corrected chi connectivity index (χ2v) is 3.71. The summed E-state index contributed by atoms with van der Waals surface area (Å²) in [6.45, 7) is 8.64. The van der Waals surface area contributed by atoms with E-state index in [0.717, 1.165) is 39.3 Å². The summed E-state index contributed by atoms with van der Waals surface area (Å²) in [6, 6.07) is 2.23. The molecule has 1 atom stereocenters. The van der Waals surface area contributed by atoms with Crippen LogP contribution in [0.25, 0.3) is 0 Å². The van der Waals surface area contributed by atoms with E-state index in [2.05, 4.69) is 28.1 Å². The number of nitriles is 1. The predicted octanol–water partition coefficient (Wildman–Crippen LogP) is -0.265. The molecule has 0 aromatic heterocycles. The molecule has 0 radical (unpaired) electrons. The maximum absolute atomic E-state index is 8.81. The minimum atomic E-state index is -0.0248. The molecule has 14 heavy (non-hydrogen) atoms. The maximum Gasteiger partial charge on any atom is 0.108 e. The van der Waals surface area contributed by atoms with Crippen LogP contribution < -0.4 is 5.32 Å². The van der Waals surface area contributed by atoms with Crippen molar-refractivity contribution in [3.63, 3.8) is 0 Å². The summed E-state index contributed by atoms with van der Waals surface area (Å²) in [5.74, 6) is 0. The van der Waals surface area contributed by atoms with Crippen molar-refractivity contribution in [2.24, 2.45) is 0 Å². The largest absolute Gasteiger partial charge is 0.304 e. The first-order chi connectivity index (χ1) is 6.80. The van der Waals surface area contributed by atoms with Gasteiger partial charge in [0.2, 0.25) is 0 Å². The van der Waals surface area contributed by atoms with Crippen molar-refractivity contribution < 1.29 is 0 Å². The molecular formula is C10H20N4. The number of piperazine rings is 1. The van der Waals surface area contributed by atoms with Gasteiger partial charge in [-0.05, 0) is 13.6 Å². The zero-order valence-electron chi connectivity index (χ0n) is 9.16. The standard InChI is InChI=1S/C10H20N4/c1-3-13-4-6-14(7-5-13)9-10(8-11)12-2/h10,12H,3-7,9H2,1-2H3. The van der Waals surface area contributed by atoms with Gasteiger partial charge >= 0.3 is 0 Å². The van der Waals surface area contributed by atoms with Crippen molar-refractivity contribution in [1.29, 1.82) is 5.26 Å². The highest BCUT2D eigenvalue weighted by Gasteiger charge is 2.17. The van der Waals surface area contributed by atoms with E-state index < -0.39 is 0 Å². The minimum absolute atomic E-state index is 0.0248. The van der Waals surface area contributed by atoms with Gasteiger partial charge in [0.15, 0.2) is 0 Å². The van der Waals surface area contributed by atoms with Gasteiger partial charge in [0.1, 0.15) is 6.04 Å². The average Bonchev–Trinajstić information content (AvgIpc) is 2.26. The molecule has 1 N–H and O–H groups in total. The van der Waals surface area contributed by atoms with Gasteiger partial charge in [-0.1, -0.05) is 6.92 Å². The summed E-state index contributed by atoms with van der Waals surface area (Å²) in [6.07, 6.45) is 0. The van der Waals surface area contributed by atoms with Crippen molar-refractivity contribution >= 4 is 0 Å². The van der Waals surface area contributed by atoms with E-state index in [9.17, 15) is 0 Å². The van der Waals surface area contributed by atoms with Crippen LogP contribution >= 0.6 is 0 Å². The molecule has 4 heteroatoms. The zero-order chi connectivity index (χ0) is 10.4. The molecule has 0 aromatic rings. The Hall–Kier alpha value is -0.630. The molecule has 1 saturated heterocycles. The highest BCUT2D eigenvalue weighted by Crippen LogP contribution is 2.01. The fourth-order valence-corrected chi connectivity index (χ4v) is 1.74. The molecule has 0 spiro atoms. The second-order valence-electron chi connectivity index (χ2n) is 3.71. The first kappa shape index (κ1) is 11.4. The van der Waals surface area contributed by atoms with Gasteiger partial charge in [0.05, 0.1) is 6.07 Å². The fourth-order valence-electron chi connectivity index (χ4n) is 1.74. The molecule has 0 aliphatic carbocycles. The first-order valence-electron chi connectivity index (χ1n) is 5.31. The average molecular weight is 196 g/mol. The van der Waals surface area contributed by atoms with E-state index in [4.69, 9.17) is 5.26 Å². The SMILES string of the molecule is CCN1CCN(CC(C#N)NC)CC1. The van der Waals surface area contributed by atoms with Crippen molar-refractivity contribution in [3.05, 3.63) is 0 Å². The Bertz CT molecular complexity index is 191. The zero-order valence-corrected chi connectivity index (χ0v) is 9.16. The number of nitrogens with one attached hydrogen (secondary N) is 1. The maximum atomic E-state index is 8.81. The molecule has 0 amide bonds. The fraction of sp³-hybridized carbons (Fsp3) is 0.900. The molecule has 1 aliphatic heterocycles. The molecule has 1 aliphatic rings. The van der Waals surface area contributed by atoms with Crippen molar-refractivity contribution in [1.82, 2.24) is 15.1 Å². The van der Waals surface area contributed by atoms with Crippen LogP contribution in [0.5, 0.6) is 0 Å². The number of nitrogens with zero attached hydrogens (tertiary/aromatic N) is 3. The van der Waals surface area contributed by atoms with E-state index in [1.54, 1.807) is 0 Å². The first-order valence-corrected chi connectivity index (χ1v) is 5.31. The van der Waals surface area contributed by atoms with Crippen LogP contribution in [0.4, 0.5) is 0 Å². The van der Waals surface area contributed by atoms with E-state index in [1.165, 1.54) is 0 Å². The van der Waals surface area contributed by atoms with E-state index in [0.29, 0.717) is 0 Å². The van der Waals surface area contributed by atoms with Crippen LogP contribution in [-0.4, -0.2) is 62.2 Å². The van der Waals surface area contributed by atoms with Crippen LogP contribution in [0, 0.1) is 11.3 Å². The van der Waals surface area contributed by atoms with Crippen LogP contribution in [0.2, 0.25) is 0 Å². The molecule has 0 saturated carbocycles. The van der Waals surface area contributed by atoms with E-state index in [1.807, 2.05) is 7.05 Å². The normalized spacial score (nSPS) is 21.8. The van der Waals surface area contributed by atoms with Gasteiger partial charge in [-0.3, -0.25) is 4.90 Å². The molecule has 0 aromatic carbocycles. The van der Waals surface area contributed by atoms with E-state index in [-0.39, 0.29) is 6.04 Å². The Morgan fingerprint density at radius 1 is 1.29 bits per heavy atom. The highest BCUT2D eigenvalue weighted by molar-refractivity contribution is 4.91. The molecular weight excluding hydrogens is 176 g/mol. The number of rotatable bonds is 4. The van der Waals surface area contributed by atoms with Gasteiger partial charge in [0, 0.05) is 32.7 Å². The molecule has 1 heterocycles. The lowest BCUT2D eigenvalue weighted by Gasteiger charge is -2.34. The smallest absolute Gasteiger partial charge is 0.108 e. The highest BCUT2D eigenvalue weighted by atomic mass is 15.3. The van der Waals surface area contributed by atoms with Crippen LogP contribution in [-0.2, 0) is 0 Å². The lowest BCUT2D eigenvalue weighted by atomic mass is 10.2. The number of hydrogen-bond donors (Lipinski definition) is 1. The minimum Gasteiger partial charge on any atom is -0.304 e. The Labute approximate surface area is 86.5 Å². The Morgan fingerprint density at radius 2 is 1.86 bits per heavy atom.